The molecule has 5 heteroatoms. The first-order chi connectivity index (χ1) is 9.16. The van der Waals surface area contributed by atoms with Crippen LogP contribution in [0.3, 0.4) is 0 Å². The first-order valence-corrected chi connectivity index (χ1v) is 6.44. The molecule has 0 spiro atoms. The van der Waals surface area contributed by atoms with E-state index < -0.39 is 5.82 Å². The molecule has 2 amide bonds. The van der Waals surface area contributed by atoms with Gasteiger partial charge in [-0.2, -0.15) is 0 Å². The van der Waals surface area contributed by atoms with Gasteiger partial charge in [0.05, 0.1) is 13.0 Å². The normalized spacial score (nSPS) is 14.5. The van der Waals surface area contributed by atoms with E-state index in [2.05, 4.69) is 5.32 Å². The van der Waals surface area contributed by atoms with Gasteiger partial charge in [0, 0.05) is 13.1 Å². The summed E-state index contributed by atoms with van der Waals surface area (Å²) in [6.45, 7) is 1.53. The molecule has 1 aliphatic rings. The Balaban J connectivity index is 1.78. The number of hydrogen-bond donors (Lipinski definition) is 1. The Morgan fingerprint density at radius 2 is 1.89 bits per heavy atom. The Morgan fingerprint density at radius 1 is 1.21 bits per heavy atom. The Bertz CT molecular complexity index is 470. The monoisotopic (exact) mass is 264 g/mol. The quantitative estimate of drug-likeness (QED) is 0.885. The minimum absolute atomic E-state index is 0.00666. The van der Waals surface area contributed by atoms with Gasteiger partial charge in [-0.3, -0.25) is 9.59 Å². The van der Waals surface area contributed by atoms with Crippen LogP contribution in [0.4, 0.5) is 4.39 Å². The number of amides is 2. The fourth-order valence-electron chi connectivity index (χ4n) is 2.13. The number of hydrogen-bond acceptors (Lipinski definition) is 2. The molecule has 0 aromatic heterocycles. The second kappa shape index (κ2) is 6.31. The van der Waals surface area contributed by atoms with Crippen molar-refractivity contribution >= 4 is 11.8 Å². The number of benzene rings is 1. The van der Waals surface area contributed by atoms with Gasteiger partial charge in [-0.25, -0.2) is 4.39 Å². The van der Waals surface area contributed by atoms with Gasteiger partial charge in [0.1, 0.15) is 5.82 Å². The summed E-state index contributed by atoms with van der Waals surface area (Å²) in [4.78, 5) is 25.1. The van der Waals surface area contributed by atoms with Crippen molar-refractivity contribution in [3.05, 3.63) is 35.6 Å². The maximum absolute atomic E-state index is 13.3. The minimum atomic E-state index is -0.400. The van der Waals surface area contributed by atoms with Crippen LogP contribution in [0.5, 0.6) is 0 Å². The van der Waals surface area contributed by atoms with E-state index in [1.54, 1.807) is 23.1 Å². The highest BCUT2D eigenvalue weighted by Gasteiger charge is 2.18. The number of rotatable bonds is 4. The number of likely N-dealkylation sites (tertiary alicyclic amines) is 1. The zero-order chi connectivity index (χ0) is 13.7. The molecule has 1 aromatic rings. The molecular formula is C14H17FN2O2. The highest BCUT2D eigenvalue weighted by Crippen LogP contribution is 2.08. The average molecular weight is 264 g/mol. The van der Waals surface area contributed by atoms with Crippen molar-refractivity contribution in [2.75, 3.05) is 19.6 Å². The first kappa shape index (κ1) is 13.5. The van der Waals surface area contributed by atoms with Crippen LogP contribution in [0.1, 0.15) is 18.4 Å². The molecule has 1 N–H and O–H groups in total. The van der Waals surface area contributed by atoms with Crippen molar-refractivity contribution < 1.29 is 14.0 Å². The molecule has 19 heavy (non-hydrogen) atoms. The van der Waals surface area contributed by atoms with Crippen molar-refractivity contribution in [1.29, 1.82) is 0 Å². The molecule has 0 bridgehead atoms. The van der Waals surface area contributed by atoms with Crippen molar-refractivity contribution in [2.45, 2.75) is 19.3 Å². The summed E-state index contributed by atoms with van der Waals surface area (Å²) in [7, 11) is 0. The van der Waals surface area contributed by atoms with Crippen LogP contribution in [-0.4, -0.2) is 36.3 Å². The average Bonchev–Trinajstić information content (AvgIpc) is 2.93. The summed E-state index contributed by atoms with van der Waals surface area (Å²) < 4.78 is 13.3. The zero-order valence-corrected chi connectivity index (χ0v) is 10.7. The van der Waals surface area contributed by atoms with Crippen molar-refractivity contribution in [3.8, 4) is 0 Å². The maximum atomic E-state index is 13.3. The number of nitrogens with one attached hydrogen (secondary N) is 1. The lowest BCUT2D eigenvalue weighted by Gasteiger charge is -2.15. The Labute approximate surface area is 111 Å². The van der Waals surface area contributed by atoms with Crippen LogP contribution >= 0.6 is 0 Å². The molecule has 1 aromatic carbocycles. The van der Waals surface area contributed by atoms with Gasteiger partial charge < -0.3 is 10.2 Å². The standard InChI is InChI=1S/C14H17FN2O2/c15-12-6-2-1-5-11(12)9-13(18)16-10-14(19)17-7-3-4-8-17/h1-2,5-6H,3-4,7-10H2,(H,16,18). The second-order valence-electron chi connectivity index (χ2n) is 4.63. The molecule has 0 atom stereocenters. The van der Waals surface area contributed by atoms with Gasteiger partial charge in [-0.05, 0) is 24.5 Å². The molecule has 0 aliphatic carbocycles. The molecule has 1 heterocycles. The summed E-state index contributed by atoms with van der Waals surface area (Å²) >= 11 is 0. The second-order valence-corrected chi connectivity index (χ2v) is 4.63. The van der Waals surface area contributed by atoms with Gasteiger partial charge in [-0.15, -0.1) is 0 Å². The minimum Gasteiger partial charge on any atom is -0.347 e. The number of carbonyl (C=O) groups is 2. The van der Waals surface area contributed by atoms with E-state index in [9.17, 15) is 14.0 Å². The molecule has 0 unspecified atom stereocenters. The van der Waals surface area contributed by atoms with Gasteiger partial charge in [0.2, 0.25) is 11.8 Å². The van der Waals surface area contributed by atoms with Crippen LogP contribution in [0.2, 0.25) is 0 Å². The molecule has 1 fully saturated rings. The fraction of sp³-hybridized carbons (Fsp3) is 0.429. The summed E-state index contributed by atoms with van der Waals surface area (Å²) in [5.74, 6) is -0.805. The topological polar surface area (TPSA) is 49.4 Å². The fourth-order valence-corrected chi connectivity index (χ4v) is 2.13. The SMILES string of the molecule is O=C(Cc1ccccc1F)NCC(=O)N1CCCC1. The lowest BCUT2D eigenvalue weighted by Crippen LogP contribution is -2.39. The van der Waals surface area contributed by atoms with E-state index in [4.69, 9.17) is 0 Å². The Kier molecular flexibility index (Phi) is 4.49. The van der Waals surface area contributed by atoms with Crippen molar-refractivity contribution in [3.63, 3.8) is 0 Å². The number of carbonyl (C=O) groups excluding carboxylic acids is 2. The van der Waals surface area contributed by atoms with Crippen molar-refractivity contribution in [1.82, 2.24) is 10.2 Å². The van der Waals surface area contributed by atoms with E-state index in [0.29, 0.717) is 5.56 Å². The largest absolute Gasteiger partial charge is 0.347 e. The highest BCUT2D eigenvalue weighted by molar-refractivity contribution is 5.85. The molecule has 0 saturated carbocycles. The van der Waals surface area contributed by atoms with Gasteiger partial charge >= 0.3 is 0 Å². The third-order valence-corrected chi connectivity index (χ3v) is 3.20. The lowest BCUT2D eigenvalue weighted by atomic mass is 10.1. The van der Waals surface area contributed by atoms with Crippen LogP contribution in [0, 0.1) is 5.82 Å². The smallest absolute Gasteiger partial charge is 0.241 e. The first-order valence-electron chi connectivity index (χ1n) is 6.44. The molecule has 0 radical (unpaired) electrons. The summed E-state index contributed by atoms with van der Waals surface area (Å²) in [6, 6.07) is 6.14. The Morgan fingerprint density at radius 3 is 2.58 bits per heavy atom. The summed E-state index contributed by atoms with van der Waals surface area (Å²) in [5, 5.41) is 2.54. The van der Waals surface area contributed by atoms with Crippen LogP contribution in [-0.2, 0) is 16.0 Å². The molecule has 2 rings (SSSR count). The van der Waals surface area contributed by atoms with Crippen LogP contribution in [0.25, 0.3) is 0 Å². The zero-order valence-electron chi connectivity index (χ0n) is 10.7. The number of nitrogens with zero attached hydrogens (tertiary/aromatic N) is 1. The van der Waals surface area contributed by atoms with E-state index in [1.165, 1.54) is 6.07 Å². The predicted molar refractivity (Wildman–Crippen MR) is 68.9 cm³/mol. The van der Waals surface area contributed by atoms with E-state index in [1.807, 2.05) is 0 Å². The number of halogens is 1. The highest BCUT2D eigenvalue weighted by atomic mass is 19.1. The molecule has 4 nitrogen and oxygen atoms in total. The third-order valence-electron chi connectivity index (χ3n) is 3.20. The maximum Gasteiger partial charge on any atom is 0.241 e. The van der Waals surface area contributed by atoms with E-state index in [0.717, 1.165) is 25.9 Å². The Hall–Kier alpha value is -1.91. The van der Waals surface area contributed by atoms with E-state index in [-0.39, 0.29) is 24.8 Å². The van der Waals surface area contributed by atoms with Gasteiger partial charge in [0.25, 0.3) is 0 Å². The molecule has 102 valence electrons. The lowest BCUT2D eigenvalue weighted by molar-refractivity contribution is -0.131. The predicted octanol–water partition coefficient (Wildman–Crippen LogP) is 1.11. The summed E-state index contributed by atoms with van der Waals surface area (Å²) in [6.07, 6.45) is 2.00. The van der Waals surface area contributed by atoms with E-state index >= 15 is 0 Å². The van der Waals surface area contributed by atoms with Crippen molar-refractivity contribution in [2.24, 2.45) is 0 Å². The van der Waals surface area contributed by atoms with Crippen LogP contribution < -0.4 is 5.32 Å². The summed E-state index contributed by atoms with van der Waals surface area (Å²) in [5.41, 5.74) is 0.341. The molecule has 1 saturated heterocycles. The molecule has 1 aliphatic heterocycles. The van der Waals surface area contributed by atoms with Gasteiger partial charge in [-0.1, -0.05) is 18.2 Å². The van der Waals surface area contributed by atoms with Crippen LogP contribution in [0.15, 0.2) is 24.3 Å². The van der Waals surface area contributed by atoms with Gasteiger partial charge in [0.15, 0.2) is 0 Å². The third kappa shape index (κ3) is 3.77. The molecular weight excluding hydrogens is 247 g/mol.